The summed E-state index contributed by atoms with van der Waals surface area (Å²) in [5.74, 6) is 1.14. The number of rotatable bonds is 4. The van der Waals surface area contributed by atoms with E-state index in [1.54, 1.807) is 0 Å². The van der Waals surface area contributed by atoms with Gasteiger partial charge in [0.2, 0.25) is 0 Å². The standard InChI is InChI=1S/C13H24N2O2S/c1-10-6-12(8-15(10)13-2-3-13)14-7-11-4-5-18(16,17)9-11/h10-14H,2-9H2,1H3. The van der Waals surface area contributed by atoms with E-state index >= 15 is 0 Å². The lowest BCUT2D eigenvalue weighted by atomic mass is 10.1. The molecule has 0 spiro atoms. The van der Waals surface area contributed by atoms with Crippen LogP contribution in [0, 0.1) is 5.92 Å². The van der Waals surface area contributed by atoms with Crippen LogP contribution in [-0.2, 0) is 9.84 Å². The van der Waals surface area contributed by atoms with Crippen LogP contribution in [0.5, 0.6) is 0 Å². The van der Waals surface area contributed by atoms with Crippen molar-refractivity contribution in [3.63, 3.8) is 0 Å². The topological polar surface area (TPSA) is 49.4 Å². The predicted molar refractivity (Wildman–Crippen MR) is 72.4 cm³/mol. The molecule has 104 valence electrons. The van der Waals surface area contributed by atoms with Crippen molar-refractivity contribution in [2.45, 2.75) is 50.7 Å². The highest BCUT2D eigenvalue weighted by Gasteiger charge is 2.39. The van der Waals surface area contributed by atoms with E-state index in [2.05, 4.69) is 17.1 Å². The fourth-order valence-corrected chi connectivity index (χ4v) is 5.35. The Morgan fingerprint density at radius 3 is 2.67 bits per heavy atom. The Morgan fingerprint density at radius 1 is 1.28 bits per heavy atom. The van der Waals surface area contributed by atoms with Crippen LogP contribution in [0.4, 0.5) is 0 Å². The van der Waals surface area contributed by atoms with Gasteiger partial charge in [0.25, 0.3) is 0 Å². The fraction of sp³-hybridized carbons (Fsp3) is 1.00. The highest BCUT2D eigenvalue weighted by atomic mass is 32.2. The molecule has 3 aliphatic rings. The van der Waals surface area contributed by atoms with Crippen LogP contribution >= 0.6 is 0 Å². The van der Waals surface area contributed by atoms with Crippen molar-refractivity contribution in [2.75, 3.05) is 24.6 Å². The average Bonchev–Trinajstić information content (AvgIpc) is 2.99. The minimum Gasteiger partial charge on any atom is -0.312 e. The van der Waals surface area contributed by atoms with Crippen molar-refractivity contribution < 1.29 is 8.42 Å². The van der Waals surface area contributed by atoms with Crippen molar-refractivity contribution in [1.29, 1.82) is 0 Å². The lowest BCUT2D eigenvalue weighted by Crippen LogP contribution is -2.36. The number of nitrogens with zero attached hydrogens (tertiary/aromatic N) is 1. The largest absolute Gasteiger partial charge is 0.312 e. The first kappa shape index (κ1) is 12.9. The molecule has 1 aliphatic carbocycles. The maximum atomic E-state index is 11.4. The molecule has 0 radical (unpaired) electrons. The zero-order chi connectivity index (χ0) is 12.8. The number of hydrogen-bond donors (Lipinski definition) is 1. The van der Waals surface area contributed by atoms with E-state index in [9.17, 15) is 8.42 Å². The van der Waals surface area contributed by atoms with Crippen LogP contribution in [0.3, 0.4) is 0 Å². The van der Waals surface area contributed by atoms with Gasteiger partial charge in [-0.05, 0) is 45.1 Å². The summed E-state index contributed by atoms with van der Waals surface area (Å²) in [6.07, 6.45) is 4.82. The van der Waals surface area contributed by atoms with E-state index in [4.69, 9.17) is 0 Å². The molecule has 3 unspecified atom stereocenters. The van der Waals surface area contributed by atoms with Gasteiger partial charge in [0.05, 0.1) is 11.5 Å². The molecule has 0 amide bonds. The van der Waals surface area contributed by atoms with E-state index in [0.29, 0.717) is 29.5 Å². The normalized spacial score (nSPS) is 40.4. The third-order valence-corrected chi connectivity index (χ3v) is 6.50. The Kier molecular flexibility index (Phi) is 3.41. The molecule has 2 saturated heterocycles. The quantitative estimate of drug-likeness (QED) is 0.816. The van der Waals surface area contributed by atoms with Gasteiger partial charge in [0.15, 0.2) is 9.84 Å². The van der Waals surface area contributed by atoms with Crippen molar-refractivity contribution in [3.8, 4) is 0 Å². The van der Waals surface area contributed by atoms with Crippen LogP contribution in [0.2, 0.25) is 0 Å². The van der Waals surface area contributed by atoms with Crippen molar-refractivity contribution in [3.05, 3.63) is 0 Å². The van der Waals surface area contributed by atoms with Gasteiger partial charge in [-0.25, -0.2) is 8.42 Å². The third kappa shape index (κ3) is 2.89. The van der Waals surface area contributed by atoms with E-state index in [0.717, 1.165) is 25.6 Å². The molecule has 2 heterocycles. The minimum absolute atomic E-state index is 0.347. The molecular formula is C13H24N2O2S. The van der Waals surface area contributed by atoms with Gasteiger partial charge in [-0.15, -0.1) is 0 Å². The van der Waals surface area contributed by atoms with Crippen LogP contribution in [0.1, 0.15) is 32.6 Å². The van der Waals surface area contributed by atoms with E-state index < -0.39 is 9.84 Å². The fourth-order valence-electron chi connectivity index (χ4n) is 3.49. The monoisotopic (exact) mass is 272 g/mol. The Labute approximate surface area is 110 Å². The van der Waals surface area contributed by atoms with Crippen LogP contribution in [-0.4, -0.2) is 56.0 Å². The molecule has 0 bridgehead atoms. The van der Waals surface area contributed by atoms with Crippen molar-refractivity contribution >= 4 is 9.84 Å². The first-order valence-corrected chi connectivity index (χ1v) is 9.05. The van der Waals surface area contributed by atoms with Crippen molar-refractivity contribution in [2.24, 2.45) is 5.92 Å². The Hall–Kier alpha value is -0.130. The summed E-state index contributed by atoms with van der Waals surface area (Å²) in [6.45, 7) is 4.36. The number of likely N-dealkylation sites (tertiary alicyclic amines) is 1. The molecule has 3 atom stereocenters. The molecule has 18 heavy (non-hydrogen) atoms. The van der Waals surface area contributed by atoms with Crippen molar-refractivity contribution in [1.82, 2.24) is 10.2 Å². The molecular weight excluding hydrogens is 248 g/mol. The number of nitrogens with one attached hydrogen (secondary N) is 1. The Balaban J connectivity index is 1.44. The van der Waals surface area contributed by atoms with Gasteiger partial charge in [-0.2, -0.15) is 0 Å². The predicted octanol–water partition coefficient (Wildman–Crippen LogP) is 0.636. The molecule has 2 aliphatic heterocycles. The maximum Gasteiger partial charge on any atom is 0.150 e. The molecule has 5 heteroatoms. The molecule has 1 N–H and O–H groups in total. The smallest absolute Gasteiger partial charge is 0.150 e. The summed E-state index contributed by atoms with van der Waals surface area (Å²) >= 11 is 0. The summed E-state index contributed by atoms with van der Waals surface area (Å²) in [7, 11) is -2.72. The van der Waals surface area contributed by atoms with Crippen LogP contribution in [0.15, 0.2) is 0 Å². The third-order valence-electron chi connectivity index (χ3n) is 4.66. The Morgan fingerprint density at radius 2 is 2.06 bits per heavy atom. The number of sulfone groups is 1. The highest BCUT2D eigenvalue weighted by Crippen LogP contribution is 2.33. The van der Waals surface area contributed by atoms with Gasteiger partial charge in [0.1, 0.15) is 0 Å². The molecule has 4 nitrogen and oxygen atoms in total. The number of hydrogen-bond acceptors (Lipinski definition) is 4. The summed E-state index contributed by atoms with van der Waals surface area (Å²) in [4.78, 5) is 2.63. The van der Waals surface area contributed by atoms with Gasteiger partial charge in [-0.3, -0.25) is 4.90 Å². The van der Waals surface area contributed by atoms with Gasteiger partial charge in [0, 0.05) is 24.7 Å². The summed E-state index contributed by atoms with van der Waals surface area (Å²) < 4.78 is 22.8. The van der Waals surface area contributed by atoms with E-state index in [-0.39, 0.29) is 0 Å². The Bertz CT molecular complexity index is 405. The highest BCUT2D eigenvalue weighted by molar-refractivity contribution is 7.91. The summed E-state index contributed by atoms with van der Waals surface area (Å²) in [6, 6.07) is 2.12. The first-order chi connectivity index (χ1) is 8.53. The second-order valence-corrected chi connectivity index (χ2v) is 8.62. The molecule has 0 aromatic carbocycles. The van der Waals surface area contributed by atoms with Crippen LogP contribution < -0.4 is 5.32 Å². The zero-order valence-corrected chi connectivity index (χ0v) is 12.0. The molecule has 3 fully saturated rings. The maximum absolute atomic E-state index is 11.4. The molecule has 3 rings (SSSR count). The second kappa shape index (κ2) is 4.76. The van der Waals surface area contributed by atoms with Gasteiger partial charge < -0.3 is 5.32 Å². The van der Waals surface area contributed by atoms with Crippen LogP contribution in [0.25, 0.3) is 0 Å². The lowest BCUT2D eigenvalue weighted by Gasteiger charge is -2.20. The van der Waals surface area contributed by atoms with Gasteiger partial charge >= 0.3 is 0 Å². The SMILES string of the molecule is CC1CC(NCC2CCS(=O)(=O)C2)CN1C1CC1. The molecule has 0 aromatic rings. The van der Waals surface area contributed by atoms with E-state index in [1.807, 2.05) is 0 Å². The molecule has 1 saturated carbocycles. The lowest BCUT2D eigenvalue weighted by molar-refractivity contribution is 0.254. The van der Waals surface area contributed by atoms with E-state index in [1.165, 1.54) is 19.3 Å². The minimum atomic E-state index is -2.72. The first-order valence-electron chi connectivity index (χ1n) is 7.23. The zero-order valence-electron chi connectivity index (χ0n) is 11.1. The second-order valence-electron chi connectivity index (χ2n) is 6.39. The summed E-state index contributed by atoms with van der Waals surface area (Å²) in [5.41, 5.74) is 0. The summed E-state index contributed by atoms with van der Waals surface area (Å²) in [5, 5.41) is 3.60. The average molecular weight is 272 g/mol. The van der Waals surface area contributed by atoms with Gasteiger partial charge in [-0.1, -0.05) is 0 Å². The molecule has 0 aromatic heterocycles.